The van der Waals surface area contributed by atoms with E-state index in [0.29, 0.717) is 11.6 Å². The Hall–Kier alpha value is -0.870. The van der Waals surface area contributed by atoms with E-state index in [4.69, 9.17) is 0 Å². The predicted octanol–water partition coefficient (Wildman–Crippen LogP) is 2.13. The molecule has 0 saturated carbocycles. The summed E-state index contributed by atoms with van der Waals surface area (Å²) in [5, 5.41) is 8.03. The first kappa shape index (κ1) is 14.5. The first-order valence-corrected chi connectivity index (χ1v) is 7.70. The molecule has 4 heteroatoms. The molecular formula is C15H28N4. The minimum Gasteiger partial charge on any atom is -0.311 e. The zero-order valence-electron chi connectivity index (χ0n) is 12.6. The third-order valence-electron chi connectivity index (χ3n) is 4.80. The molecule has 0 aliphatic carbocycles. The largest absolute Gasteiger partial charge is 0.311 e. The number of hydrogen-bond acceptors (Lipinski definition) is 3. The van der Waals surface area contributed by atoms with Gasteiger partial charge in [0.2, 0.25) is 0 Å². The highest BCUT2D eigenvalue weighted by Crippen LogP contribution is 2.27. The van der Waals surface area contributed by atoms with E-state index in [0.717, 1.165) is 19.6 Å². The summed E-state index contributed by atoms with van der Waals surface area (Å²) in [5.74, 6) is 0. The SMILES string of the molecule is CCC1CN(CCn2cccn2)C(CC)(CC)CN1. The predicted molar refractivity (Wildman–Crippen MR) is 79.2 cm³/mol. The number of aromatic nitrogens is 2. The van der Waals surface area contributed by atoms with E-state index in [1.807, 2.05) is 16.9 Å². The van der Waals surface area contributed by atoms with Crippen LogP contribution in [0.3, 0.4) is 0 Å². The highest BCUT2D eigenvalue weighted by molar-refractivity contribution is 4.97. The summed E-state index contributed by atoms with van der Waals surface area (Å²) in [5.41, 5.74) is 0.332. The summed E-state index contributed by atoms with van der Waals surface area (Å²) in [6.07, 6.45) is 7.55. The fraction of sp³-hybridized carbons (Fsp3) is 0.800. The second-order valence-electron chi connectivity index (χ2n) is 5.63. The van der Waals surface area contributed by atoms with Gasteiger partial charge in [0.15, 0.2) is 0 Å². The monoisotopic (exact) mass is 264 g/mol. The maximum atomic E-state index is 4.31. The number of nitrogens with one attached hydrogen (secondary N) is 1. The molecule has 1 aliphatic heterocycles. The van der Waals surface area contributed by atoms with Crippen LogP contribution in [0.25, 0.3) is 0 Å². The van der Waals surface area contributed by atoms with Gasteiger partial charge in [-0.25, -0.2) is 0 Å². The van der Waals surface area contributed by atoms with Gasteiger partial charge in [-0.1, -0.05) is 20.8 Å². The van der Waals surface area contributed by atoms with Gasteiger partial charge < -0.3 is 5.32 Å². The van der Waals surface area contributed by atoms with Crippen molar-refractivity contribution in [2.75, 3.05) is 19.6 Å². The molecule has 19 heavy (non-hydrogen) atoms. The summed E-state index contributed by atoms with van der Waals surface area (Å²) >= 11 is 0. The van der Waals surface area contributed by atoms with Crippen LogP contribution in [0.5, 0.6) is 0 Å². The first-order valence-electron chi connectivity index (χ1n) is 7.70. The van der Waals surface area contributed by atoms with Crippen molar-refractivity contribution in [3.63, 3.8) is 0 Å². The Kier molecular flexibility index (Phi) is 4.99. The Morgan fingerprint density at radius 2 is 2.05 bits per heavy atom. The van der Waals surface area contributed by atoms with Crippen molar-refractivity contribution >= 4 is 0 Å². The van der Waals surface area contributed by atoms with Gasteiger partial charge >= 0.3 is 0 Å². The van der Waals surface area contributed by atoms with Crippen molar-refractivity contribution < 1.29 is 0 Å². The van der Waals surface area contributed by atoms with Crippen LogP contribution >= 0.6 is 0 Å². The van der Waals surface area contributed by atoms with Crippen molar-refractivity contribution in [2.24, 2.45) is 0 Å². The molecule has 4 nitrogen and oxygen atoms in total. The van der Waals surface area contributed by atoms with E-state index in [-0.39, 0.29) is 0 Å². The highest BCUT2D eigenvalue weighted by atomic mass is 15.3. The number of hydrogen-bond donors (Lipinski definition) is 1. The van der Waals surface area contributed by atoms with Crippen molar-refractivity contribution in [2.45, 2.75) is 58.2 Å². The smallest absolute Gasteiger partial charge is 0.0536 e. The highest BCUT2D eigenvalue weighted by Gasteiger charge is 2.37. The number of rotatable bonds is 6. The summed E-state index contributed by atoms with van der Waals surface area (Å²) in [6.45, 7) is 11.3. The van der Waals surface area contributed by atoms with Gasteiger partial charge in [0, 0.05) is 43.6 Å². The molecule has 1 fully saturated rings. The van der Waals surface area contributed by atoms with E-state index in [1.54, 1.807) is 0 Å². The van der Waals surface area contributed by atoms with Crippen LogP contribution in [0.4, 0.5) is 0 Å². The van der Waals surface area contributed by atoms with E-state index < -0.39 is 0 Å². The summed E-state index contributed by atoms with van der Waals surface area (Å²) < 4.78 is 2.04. The molecular weight excluding hydrogens is 236 g/mol. The fourth-order valence-corrected chi connectivity index (χ4v) is 3.18. The standard InChI is InChI=1S/C15H28N4/c1-4-14-12-18(10-11-19-9-7-8-17-19)15(5-2,6-3)13-16-14/h7-9,14,16H,4-6,10-13H2,1-3H3. The third kappa shape index (κ3) is 3.18. The van der Waals surface area contributed by atoms with Crippen LogP contribution in [0.2, 0.25) is 0 Å². The summed E-state index contributed by atoms with van der Waals surface area (Å²) in [7, 11) is 0. The molecule has 2 heterocycles. The lowest BCUT2D eigenvalue weighted by atomic mass is 9.87. The van der Waals surface area contributed by atoms with Gasteiger partial charge in [0.05, 0.1) is 6.54 Å². The maximum absolute atomic E-state index is 4.31. The van der Waals surface area contributed by atoms with Gasteiger partial charge in [-0.05, 0) is 25.3 Å². The van der Waals surface area contributed by atoms with Crippen LogP contribution in [-0.2, 0) is 6.54 Å². The molecule has 1 aromatic heterocycles. The molecule has 108 valence electrons. The van der Waals surface area contributed by atoms with Gasteiger partial charge in [0.25, 0.3) is 0 Å². The second kappa shape index (κ2) is 6.53. The van der Waals surface area contributed by atoms with Crippen molar-refractivity contribution in [3.05, 3.63) is 18.5 Å². The molecule has 0 bridgehead atoms. The molecule has 2 rings (SSSR count). The topological polar surface area (TPSA) is 33.1 Å². The minimum atomic E-state index is 0.332. The lowest BCUT2D eigenvalue weighted by Crippen LogP contribution is -2.64. The van der Waals surface area contributed by atoms with E-state index in [1.165, 1.54) is 25.8 Å². The molecule has 0 aromatic carbocycles. The summed E-state index contributed by atoms with van der Waals surface area (Å²) in [6, 6.07) is 2.64. The van der Waals surface area contributed by atoms with Crippen LogP contribution < -0.4 is 5.32 Å². The van der Waals surface area contributed by atoms with E-state index in [2.05, 4.69) is 42.3 Å². The quantitative estimate of drug-likeness (QED) is 0.854. The lowest BCUT2D eigenvalue weighted by Gasteiger charge is -2.49. The second-order valence-corrected chi connectivity index (χ2v) is 5.63. The average molecular weight is 264 g/mol. The van der Waals surface area contributed by atoms with Crippen LogP contribution in [0.15, 0.2) is 18.5 Å². The summed E-state index contributed by atoms with van der Waals surface area (Å²) in [4.78, 5) is 2.69. The lowest BCUT2D eigenvalue weighted by molar-refractivity contribution is 0.0273. The normalized spacial score (nSPS) is 23.6. The number of nitrogens with zero attached hydrogens (tertiary/aromatic N) is 3. The zero-order chi connectivity index (χ0) is 13.7. The molecule has 1 saturated heterocycles. The molecule has 1 unspecified atom stereocenters. The van der Waals surface area contributed by atoms with Crippen LogP contribution in [0.1, 0.15) is 40.0 Å². The molecule has 0 amide bonds. The Balaban J connectivity index is 2.02. The van der Waals surface area contributed by atoms with Gasteiger partial charge in [-0.2, -0.15) is 5.10 Å². The molecule has 1 aromatic rings. The zero-order valence-corrected chi connectivity index (χ0v) is 12.6. The maximum Gasteiger partial charge on any atom is 0.0536 e. The van der Waals surface area contributed by atoms with E-state index >= 15 is 0 Å². The molecule has 1 atom stereocenters. The Morgan fingerprint density at radius 1 is 1.26 bits per heavy atom. The molecule has 0 radical (unpaired) electrons. The van der Waals surface area contributed by atoms with Gasteiger partial charge in [-0.3, -0.25) is 9.58 Å². The van der Waals surface area contributed by atoms with Crippen molar-refractivity contribution in [1.82, 2.24) is 20.0 Å². The average Bonchev–Trinajstić information content (AvgIpc) is 2.98. The Morgan fingerprint density at radius 3 is 2.63 bits per heavy atom. The Labute approximate surface area is 117 Å². The van der Waals surface area contributed by atoms with Crippen LogP contribution in [-0.4, -0.2) is 45.9 Å². The molecule has 1 aliphatic rings. The van der Waals surface area contributed by atoms with Crippen molar-refractivity contribution in [3.8, 4) is 0 Å². The van der Waals surface area contributed by atoms with Crippen LogP contribution in [0, 0.1) is 0 Å². The van der Waals surface area contributed by atoms with Gasteiger partial charge in [0.1, 0.15) is 0 Å². The Bertz CT molecular complexity index is 356. The fourth-order valence-electron chi connectivity index (χ4n) is 3.18. The molecule has 0 spiro atoms. The van der Waals surface area contributed by atoms with E-state index in [9.17, 15) is 0 Å². The molecule has 1 N–H and O–H groups in total. The van der Waals surface area contributed by atoms with Crippen molar-refractivity contribution in [1.29, 1.82) is 0 Å². The first-order chi connectivity index (χ1) is 9.24. The minimum absolute atomic E-state index is 0.332. The third-order valence-corrected chi connectivity index (χ3v) is 4.80. The number of piperazine rings is 1. The van der Waals surface area contributed by atoms with Gasteiger partial charge in [-0.15, -0.1) is 0 Å².